The molecule has 122 valence electrons. The third kappa shape index (κ3) is 3.22. The predicted octanol–water partition coefficient (Wildman–Crippen LogP) is 5.26. The summed E-state index contributed by atoms with van der Waals surface area (Å²) in [6.07, 6.45) is -3.10. The molecule has 2 aromatic rings. The SMILES string of the molecule is CC1(C)Cc2cccc(Oc3ncc(C(F)(F)F)cc3Cl)c2O1. The van der Waals surface area contributed by atoms with E-state index in [0.29, 0.717) is 24.1 Å². The molecule has 2 heterocycles. The molecular weight excluding hydrogens is 331 g/mol. The molecule has 0 saturated heterocycles. The number of alkyl halides is 3. The lowest BCUT2D eigenvalue weighted by Crippen LogP contribution is -2.24. The van der Waals surface area contributed by atoms with Crippen molar-refractivity contribution in [2.75, 3.05) is 0 Å². The molecule has 0 bridgehead atoms. The molecule has 0 fully saturated rings. The van der Waals surface area contributed by atoms with Gasteiger partial charge < -0.3 is 9.47 Å². The van der Waals surface area contributed by atoms with Crippen molar-refractivity contribution >= 4 is 11.6 Å². The molecular formula is C16H13ClF3NO2. The van der Waals surface area contributed by atoms with Gasteiger partial charge in [0.05, 0.1) is 5.56 Å². The molecule has 0 aliphatic carbocycles. The van der Waals surface area contributed by atoms with Crippen molar-refractivity contribution in [3.05, 3.63) is 46.6 Å². The molecule has 7 heteroatoms. The molecule has 1 aromatic heterocycles. The maximum absolute atomic E-state index is 12.6. The lowest BCUT2D eigenvalue weighted by molar-refractivity contribution is -0.137. The number of ether oxygens (including phenoxy) is 2. The predicted molar refractivity (Wildman–Crippen MR) is 79.2 cm³/mol. The normalized spacial score (nSPS) is 15.9. The average molecular weight is 344 g/mol. The Labute approximate surface area is 136 Å². The number of aromatic nitrogens is 1. The number of benzene rings is 1. The lowest BCUT2D eigenvalue weighted by Gasteiger charge is -2.18. The van der Waals surface area contributed by atoms with Gasteiger partial charge in [-0.15, -0.1) is 0 Å². The van der Waals surface area contributed by atoms with Crippen LogP contribution in [0.4, 0.5) is 13.2 Å². The summed E-state index contributed by atoms with van der Waals surface area (Å²) in [5, 5.41) is -0.213. The second-order valence-corrected chi connectivity index (χ2v) is 6.30. The van der Waals surface area contributed by atoms with Crippen LogP contribution < -0.4 is 9.47 Å². The van der Waals surface area contributed by atoms with Crippen LogP contribution in [0, 0.1) is 0 Å². The number of fused-ring (bicyclic) bond motifs is 1. The molecule has 3 rings (SSSR count). The smallest absolute Gasteiger partial charge is 0.417 e. The monoisotopic (exact) mass is 343 g/mol. The average Bonchev–Trinajstić information content (AvgIpc) is 2.75. The summed E-state index contributed by atoms with van der Waals surface area (Å²) < 4.78 is 49.3. The Morgan fingerprint density at radius 3 is 2.70 bits per heavy atom. The van der Waals surface area contributed by atoms with E-state index in [1.165, 1.54) is 0 Å². The molecule has 0 unspecified atom stereocenters. The molecule has 1 aromatic carbocycles. The number of hydrogen-bond donors (Lipinski definition) is 0. The fraction of sp³-hybridized carbons (Fsp3) is 0.312. The highest BCUT2D eigenvalue weighted by Gasteiger charge is 2.34. The van der Waals surface area contributed by atoms with Crippen molar-refractivity contribution in [1.82, 2.24) is 4.98 Å². The van der Waals surface area contributed by atoms with Crippen molar-refractivity contribution in [3.63, 3.8) is 0 Å². The summed E-state index contributed by atoms with van der Waals surface area (Å²) in [5.74, 6) is 0.846. The van der Waals surface area contributed by atoms with Crippen molar-refractivity contribution in [2.24, 2.45) is 0 Å². The number of hydrogen-bond acceptors (Lipinski definition) is 3. The molecule has 3 nitrogen and oxygen atoms in total. The van der Waals surface area contributed by atoms with Gasteiger partial charge in [-0.3, -0.25) is 0 Å². The van der Waals surface area contributed by atoms with Crippen LogP contribution in [0.2, 0.25) is 5.02 Å². The van der Waals surface area contributed by atoms with Gasteiger partial charge in [-0.1, -0.05) is 23.7 Å². The van der Waals surface area contributed by atoms with Gasteiger partial charge in [-0.05, 0) is 26.0 Å². The Bertz CT molecular complexity index is 759. The molecule has 0 N–H and O–H groups in total. The van der Waals surface area contributed by atoms with Crippen LogP contribution in [-0.2, 0) is 12.6 Å². The van der Waals surface area contributed by atoms with E-state index < -0.39 is 11.7 Å². The number of rotatable bonds is 2. The number of para-hydroxylation sites is 1. The quantitative estimate of drug-likeness (QED) is 0.745. The summed E-state index contributed by atoms with van der Waals surface area (Å²) in [6, 6.07) is 6.16. The highest BCUT2D eigenvalue weighted by Crippen LogP contribution is 2.44. The van der Waals surface area contributed by atoms with Gasteiger partial charge in [0.15, 0.2) is 11.5 Å². The number of nitrogens with zero attached hydrogens (tertiary/aromatic N) is 1. The van der Waals surface area contributed by atoms with Gasteiger partial charge in [-0.25, -0.2) is 4.98 Å². The van der Waals surface area contributed by atoms with Crippen molar-refractivity contribution < 1.29 is 22.6 Å². The maximum atomic E-state index is 12.6. The Balaban J connectivity index is 1.92. The van der Waals surface area contributed by atoms with Crippen molar-refractivity contribution in [1.29, 1.82) is 0 Å². The standard InChI is InChI=1S/C16H13ClF3NO2/c1-15(2)7-9-4-3-5-12(13(9)23-15)22-14-11(17)6-10(8-21-14)16(18,19)20/h3-6,8H,7H2,1-2H3. The van der Waals surface area contributed by atoms with E-state index in [1.807, 2.05) is 19.9 Å². The van der Waals surface area contributed by atoms with E-state index >= 15 is 0 Å². The highest BCUT2D eigenvalue weighted by atomic mass is 35.5. The van der Waals surface area contributed by atoms with E-state index in [4.69, 9.17) is 21.1 Å². The maximum Gasteiger partial charge on any atom is 0.417 e. The minimum atomic E-state index is -4.50. The van der Waals surface area contributed by atoms with E-state index in [2.05, 4.69) is 4.98 Å². The van der Waals surface area contributed by atoms with Crippen LogP contribution in [0.3, 0.4) is 0 Å². The first-order chi connectivity index (χ1) is 10.7. The van der Waals surface area contributed by atoms with Gasteiger partial charge in [0, 0.05) is 18.2 Å². The highest BCUT2D eigenvalue weighted by molar-refractivity contribution is 6.31. The van der Waals surface area contributed by atoms with Crippen molar-refractivity contribution in [2.45, 2.75) is 32.0 Å². The minimum Gasteiger partial charge on any atom is -0.483 e. The second-order valence-electron chi connectivity index (χ2n) is 5.89. The molecule has 1 aliphatic heterocycles. The Kier molecular flexibility index (Phi) is 3.67. The molecule has 0 spiro atoms. The third-order valence-corrected chi connectivity index (χ3v) is 3.67. The van der Waals surface area contributed by atoms with Crippen LogP contribution in [0.1, 0.15) is 25.0 Å². The minimum absolute atomic E-state index is 0.0960. The van der Waals surface area contributed by atoms with Crippen molar-refractivity contribution in [3.8, 4) is 17.4 Å². The van der Waals surface area contributed by atoms with Crippen LogP contribution in [0.25, 0.3) is 0 Å². The summed E-state index contributed by atoms with van der Waals surface area (Å²) >= 11 is 5.86. The van der Waals surface area contributed by atoms with E-state index in [0.717, 1.165) is 11.6 Å². The summed E-state index contributed by atoms with van der Waals surface area (Å²) in [4.78, 5) is 3.67. The topological polar surface area (TPSA) is 31.4 Å². The fourth-order valence-corrected chi connectivity index (χ4v) is 2.63. The van der Waals surface area contributed by atoms with E-state index in [1.54, 1.807) is 12.1 Å². The van der Waals surface area contributed by atoms with Crippen LogP contribution in [0.5, 0.6) is 17.4 Å². The zero-order valence-electron chi connectivity index (χ0n) is 12.4. The van der Waals surface area contributed by atoms with E-state index in [9.17, 15) is 13.2 Å². The number of halogens is 4. The Morgan fingerprint density at radius 1 is 1.30 bits per heavy atom. The van der Waals surface area contributed by atoms with Crippen LogP contribution in [-0.4, -0.2) is 10.6 Å². The molecule has 0 saturated carbocycles. The molecule has 23 heavy (non-hydrogen) atoms. The summed E-state index contributed by atoms with van der Waals surface area (Å²) in [5.41, 5.74) is -0.319. The van der Waals surface area contributed by atoms with Gasteiger partial charge in [0.2, 0.25) is 5.88 Å². The van der Waals surface area contributed by atoms with Gasteiger partial charge >= 0.3 is 6.18 Å². The first-order valence-corrected chi connectivity index (χ1v) is 7.25. The van der Waals surface area contributed by atoms with Gasteiger partial charge in [-0.2, -0.15) is 13.2 Å². The zero-order chi connectivity index (χ0) is 16.8. The largest absolute Gasteiger partial charge is 0.483 e. The van der Waals surface area contributed by atoms with E-state index in [-0.39, 0.29) is 16.5 Å². The summed E-state index contributed by atoms with van der Waals surface area (Å²) in [7, 11) is 0. The third-order valence-electron chi connectivity index (χ3n) is 3.40. The molecule has 1 aliphatic rings. The fourth-order valence-electron chi connectivity index (χ4n) is 2.43. The Morgan fingerprint density at radius 2 is 2.04 bits per heavy atom. The van der Waals surface area contributed by atoms with Crippen LogP contribution in [0.15, 0.2) is 30.5 Å². The Hall–Kier alpha value is -1.95. The molecule has 0 amide bonds. The first kappa shape index (κ1) is 15.9. The molecule has 0 atom stereocenters. The van der Waals surface area contributed by atoms with Crippen LogP contribution >= 0.6 is 11.6 Å². The first-order valence-electron chi connectivity index (χ1n) is 6.87. The van der Waals surface area contributed by atoms with Gasteiger partial charge in [0.1, 0.15) is 10.6 Å². The summed E-state index contributed by atoms with van der Waals surface area (Å²) in [6.45, 7) is 3.89. The number of pyridine rings is 1. The lowest BCUT2D eigenvalue weighted by atomic mass is 10.0. The van der Waals surface area contributed by atoms with Gasteiger partial charge in [0.25, 0.3) is 0 Å². The second kappa shape index (κ2) is 5.30. The zero-order valence-corrected chi connectivity index (χ0v) is 13.1. The molecule has 0 radical (unpaired) electrons.